The third kappa shape index (κ3) is 4.58. The Kier molecular flexibility index (Phi) is 5.50. The summed E-state index contributed by atoms with van der Waals surface area (Å²) in [5.41, 5.74) is 3.58. The summed E-state index contributed by atoms with van der Waals surface area (Å²) >= 11 is 2.70. The molecular weight excluding hydrogens is 326 g/mol. The van der Waals surface area contributed by atoms with Gasteiger partial charge in [0, 0.05) is 24.0 Å². The monoisotopic (exact) mass is 345 g/mol. The van der Waals surface area contributed by atoms with E-state index < -0.39 is 10.0 Å². The lowest BCUT2D eigenvalue weighted by Gasteiger charge is -2.05. The van der Waals surface area contributed by atoms with Crippen LogP contribution in [0, 0.1) is 6.92 Å². The van der Waals surface area contributed by atoms with Gasteiger partial charge in [0.1, 0.15) is 4.21 Å². The summed E-state index contributed by atoms with van der Waals surface area (Å²) in [7, 11) is -3.45. The highest BCUT2D eigenvalue weighted by atomic mass is 32.2. The van der Waals surface area contributed by atoms with Gasteiger partial charge in [-0.15, -0.1) is 22.7 Å². The average Bonchev–Trinajstić information content (AvgIpc) is 3.03. The molecule has 2 N–H and O–H groups in total. The minimum Gasteiger partial charge on any atom is -0.310 e. The fraction of sp³-hybridized carbons (Fsp3) is 0.462. The van der Waals surface area contributed by atoms with Crippen molar-refractivity contribution >= 4 is 32.7 Å². The van der Waals surface area contributed by atoms with Gasteiger partial charge in [-0.1, -0.05) is 13.8 Å². The predicted octanol–water partition coefficient (Wildman–Crippen LogP) is 2.49. The fourth-order valence-corrected chi connectivity index (χ4v) is 4.69. The lowest BCUT2D eigenvalue weighted by molar-refractivity contribution is 0.582. The van der Waals surface area contributed by atoms with Gasteiger partial charge < -0.3 is 5.32 Å². The molecule has 0 aliphatic rings. The summed E-state index contributed by atoms with van der Waals surface area (Å²) in [4.78, 5) is 5.05. The maximum absolute atomic E-state index is 12.3. The summed E-state index contributed by atoms with van der Waals surface area (Å²) < 4.78 is 27.5. The zero-order valence-electron chi connectivity index (χ0n) is 12.2. The summed E-state index contributed by atoms with van der Waals surface area (Å²) in [5, 5.41) is 5.15. The molecule has 0 spiro atoms. The average molecular weight is 346 g/mol. The molecule has 2 heterocycles. The Morgan fingerprint density at radius 1 is 1.29 bits per heavy atom. The molecular formula is C13H19N3O2S3. The smallest absolute Gasteiger partial charge is 0.250 e. The number of nitrogens with one attached hydrogen (secondary N) is 2. The van der Waals surface area contributed by atoms with Crippen LogP contribution in [-0.4, -0.2) is 19.4 Å². The van der Waals surface area contributed by atoms with Crippen LogP contribution >= 0.6 is 22.7 Å². The molecule has 8 heteroatoms. The molecule has 0 saturated carbocycles. The van der Waals surface area contributed by atoms with Gasteiger partial charge in [0.25, 0.3) is 0 Å². The van der Waals surface area contributed by atoms with Crippen molar-refractivity contribution in [2.75, 3.05) is 0 Å². The van der Waals surface area contributed by atoms with Gasteiger partial charge in [0.05, 0.1) is 11.2 Å². The second-order valence-corrected chi connectivity index (χ2v) is 8.84. The van der Waals surface area contributed by atoms with Crippen molar-refractivity contribution in [1.82, 2.24) is 15.0 Å². The fourth-order valence-electron chi connectivity index (χ4n) is 1.64. The van der Waals surface area contributed by atoms with E-state index in [9.17, 15) is 8.42 Å². The number of hydrogen-bond acceptors (Lipinski definition) is 6. The van der Waals surface area contributed by atoms with E-state index in [2.05, 4.69) is 28.9 Å². The number of nitrogens with zero attached hydrogens (tertiary/aromatic N) is 1. The minimum atomic E-state index is -3.45. The van der Waals surface area contributed by atoms with Crippen LogP contribution in [-0.2, 0) is 23.1 Å². The van der Waals surface area contributed by atoms with Gasteiger partial charge in [-0.2, -0.15) is 0 Å². The highest BCUT2D eigenvalue weighted by molar-refractivity contribution is 7.91. The number of sulfonamides is 1. The lowest BCUT2D eigenvalue weighted by Crippen LogP contribution is -2.23. The number of aromatic nitrogens is 1. The summed E-state index contributed by atoms with van der Waals surface area (Å²) in [6.45, 7) is 6.96. The Labute approximate surface area is 133 Å². The minimum absolute atomic E-state index is 0.288. The van der Waals surface area contributed by atoms with Crippen molar-refractivity contribution in [2.24, 2.45) is 0 Å². The van der Waals surface area contributed by atoms with Crippen LogP contribution in [0.4, 0.5) is 0 Å². The van der Waals surface area contributed by atoms with Gasteiger partial charge in [-0.05, 0) is 23.9 Å². The Morgan fingerprint density at radius 3 is 2.67 bits per heavy atom. The van der Waals surface area contributed by atoms with Crippen LogP contribution in [0.3, 0.4) is 0 Å². The Morgan fingerprint density at radius 2 is 2.05 bits per heavy atom. The van der Waals surface area contributed by atoms with Crippen LogP contribution < -0.4 is 10.0 Å². The van der Waals surface area contributed by atoms with Gasteiger partial charge in [-0.3, -0.25) is 0 Å². The van der Waals surface area contributed by atoms with E-state index in [4.69, 9.17) is 0 Å². The van der Waals surface area contributed by atoms with Gasteiger partial charge in [-0.25, -0.2) is 18.1 Å². The number of rotatable bonds is 7. The Hall–Kier alpha value is -0.800. The first-order valence-electron chi connectivity index (χ1n) is 6.58. The van der Waals surface area contributed by atoms with Crippen molar-refractivity contribution in [3.05, 3.63) is 33.1 Å². The van der Waals surface area contributed by atoms with Crippen molar-refractivity contribution in [1.29, 1.82) is 0 Å². The van der Waals surface area contributed by atoms with Crippen LogP contribution in [0.25, 0.3) is 0 Å². The van der Waals surface area contributed by atoms with Crippen molar-refractivity contribution in [3.8, 4) is 0 Å². The molecule has 2 rings (SSSR count). The molecule has 0 radical (unpaired) electrons. The lowest BCUT2D eigenvalue weighted by atomic mass is 10.3. The molecule has 0 aromatic carbocycles. The van der Waals surface area contributed by atoms with Crippen molar-refractivity contribution < 1.29 is 8.42 Å². The zero-order valence-corrected chi connectivity index (χ0v) is 14.7. The summed E-state index contributed by atoms with van der Waals surface area (Å²) in [5.74, 6) is 0. The van der Waals surface area contributed by atoms with E-state index in [1.165, 1.54) is 22.7 Å². The van der Waals surface area contributed by atoms with E-state index >= 15 is 0 Å². The van der Waals surface area contributed by atoms with Gasteiger partial charge in [0.15, 0.2) is 0 Å². The molecule has 0 amide bonds. The highest BCUT2D eigenvalue weighted by Crippen LogP contribution is 2.21. The molecule has 0 fully saturated rings. The zero-order chi connectivity index (χ0) is 15.5. The van der Waals surface area contributed by atoms with E-state index in [1.54, 1.807) is 11.6 Å². The third-order valence-electron chi connectivity index (χ3n) is 2.88. The predicted molar refractivity (Wildman–Crippen MR) is 87.2 cm³/mol. The first-order chi connectivity index (χ1) is 9.88. The van der Waals surface area contributed by atoms with E-state index in [0.717, 1.165) is 16.1 Å². The summed E-state index contributed by atoms with van der Waals surface area (Å²) in [6, 6.07) is 2.10. The molecule has 5 nitrogen and oxygen atoms in total. The quantitative estimate of drug-likeness (QED) is 0.809. The molecule has 0 aliphatic carbocycles. The molecule has 2 aromatic heterocycles. The molecule has 2 aromatic rings. The molecule has 116 valence electrons. The first kappa shape index (κ1) is 16.6. The first-order valence-corrected chi connectivity index (χ1v) is 9.82. The van der Waals surface area contributed by atoms with Gasteiger partial charge >= 0.3 is 0 Å². The van der Waals surface area contributed by atoms with Crippen molar-refractivity contribution in [2.45, 2.75) is 44.1 Å². The Balaban J connectivity index is 2.01. The molecule has 21 heavy (non-hydrogen) atoms. The second-order valence-electron chi connectivity index (χ2n) is 5.00. The molecule has 0 saturated heterocycles. The Bertz CT molecular complexity index is 689. The maximum atomic E-state index is 12.3. The number of thiophene rings is 1. The van der Waals surface area contributed by atoms with Crippen LogP contribution in [0.1, 0.15) is 30.0 Å². The molecule has 0 aliphatic heterocycles. The second kappa shape index (κ2) is 6.97. The van der Waals surface area contributed by atoms with E-state index in [1.807, 2.05) is 12.3 Å². The largest absolute Gasteiger partial charge is 0.310 e. The maximum Gasteiger partial charge on any atom is 0.250 e. The van der Waals surface area contributed by atoms with Gasteiger partial charge in [0.2, 0.25) is 10.0 Å². The topological polar surface area (TPSA) is 71.1 Å². The normalized spacial score (nSPS) is 12.2. The molecule has 0 atom stereocenters. The van der Waals surface area contributed by atoms with E-state index in [-0.39, 0.29) is 6.54 Å². The number of aryl methyl sites for hydroxylation is 1. The highest BCUT2D eigenvalue weighted by Gasteiger charge is 2.17. The van der Waals surface area contributed by atoms with Crippen LogP contribution in [0.15, 0.2) is 21.2 Å². The third-order valence-corrected chi connectivity index (χ3v) is 6.70. The van der Waals surface area contributed by atoms with Crippen molar-refractivity contribution in [3.63, 3.8) is 0 Å². The standard InChI is InChI=1S/C13H19N3O2S3/c1-9(2)14-5-11-4-13(19-7-11)21(17,18)16-6-12-10(3)15-8-20-12/h4,7-9,14,16H,5-6H2,1-3H3. The number of thiazole rings is 1. The van der Waals surface area contributed by atoms with Crippen LogP contribution in [0.2, 0.25) is 0 Å². The number of hydrogen-bond donors (Lipinski definition) is 2. The molecule has 0 bridgehead atoms. The summed E-state index contributed by atoms with van der Waals surface area (Å²) in [6.07, 6.45) is 0. The SMILES string of the molecule is Cc1ncsc1CNS(=O)(=O)c1cc(CNC(C)C)cs1. The van der Waals surface area contributed by atoms with E-state index in [0.29, 0.717) is 16.8 Å². The molecule has 0 unspecified atom stereocenters. The van der Waals surface area contributed by atoms with Crippen LogP contribution in [0.5, 0.6) is 0 Å².